The van der Waals surface area contributed by atoms with Gasteiger partial charge in [0, 0.05) is 25.5 Å². The average Bonchev–Trinajstić information content (AvgIpc) is 2.17. The molecule has 0 saturated heterocycles. The molecular weight excluding hydrogens is 164 g/mol. The molecule has 0 radical (unpaired) electrons. The molecule has 2 N–H and O–H groups in total. The summed E-state index contributed by atoms with van der Waals surface area (Å²) < 4.78 is 5.38. The van der Waals surface area contributed by atoms with Crippen LogP contribution in [0.3, 0.4) is 0 Å². The summed E-state index contributed by atoms with van der Waals surface area (Å²) in [4.78, 5) is 4.13. The Morgan fingerprint density at radius 1 is 1.62 bits per heavy atom. The molecule has 1 unspecified atom stereocenters. The molecule has 72 valence electrons. The molecule has 0 bridgehead atoms. The molecule has 1 atom stereocenters. The summed E-state index contributed by atoms with van der Waals surface area (Å²) in [6, 6.07) is 3.93. The molecule has 0 aromatic carbocycles. The lowest BCUT2D eigenvalue weighted by atomic mass is 9.96. The van der Waals surface area contributed by atoms with E-state index >= 15 is 0 Å². The van der Waals surface area contributed by atoms with E-state index in [1.807, 2.05) is 26.0 Å². The summed E-state index contributed by atoms with van der Waals surface area (Å²) in [5, 5.41) is 0. The quantitative estimate of drug-likeness (QED) is 0.760. The number of ether oxygens (including phenoxy) is 1. The molecule has 0 amide bonds. The third-order valence-corrected chi connectivity index (χ3v) is 2.35. The third-order valence-electron chi connectivity index (χ3n) is 2.35. The first kappa shape index (κ1) is 10.2. The molecule has 3 nitrogen and oxygen atoms in total. The topological polar surface area (TPSA) is 48.1 Å². The summed E-state index contributed by atoms with van der Waals surface area (Å²) >= 11 is 0. The zero-order valence-electron chi connectivity index (χ0n) is 8.37. The SMILES string of the molecule is COC(C)(CN)c1ccnc(C)c1. The Morgan fingerprint density at radius 2 is 2.31 bits per heavy atom. The minimum Gasteiger partial charge on any atom is -0.372 e. The summed E-state index contributed by atoms with van der Waals surface area (Å²) in [6.07, 6.45) is 1.78. The number of hydrogen-bond acceptors (Lipinski definition) is 3. The van der Waals surface area contributed by atoms with E-state index in [4.69, 9.17) is 10.5 Å². The van der Waals surface area contributed by atoms with Crippen molar-refractivity contribution in [2.24, 2.45) is 5.73 Å². The summed E-state index contributed by atoms with van der Waals surface area (Å²) in [7, 11) is 1.67. The number of pyridine rings is 1. The number of nitrogens with two attached hydrogens (primary N) is 1. The number of rotatable bonds is 3. The van der Waals surface area contributed by atoms with Gasteiger partial charge in [-0.25, -0.2) is 0 Å². The highest BCUT2D eigenvalue weighted by Gasteiger charge is 2.24. The van der Waals surface area contributed by atoms with Crippen molar-refractivity contribution in [3.05, 3.63) is 29.6 Å². The van der Waals surface area contributed by atoms with E-state index in [1.54, 1.807) is 13.3 Å². The lowest BCUT2D eigenvalue weighted by Crippen LogP contribution is -2.33. The molecule has 1 heterocycles. The van der Waals surface area contributed by atoms with Crippen LogP contribution < -0.4 is 5.73 Å². The number of aromatic nitrogens is 1. The Hall–Kier alpha value is -0.930. The van der Waals surface area contributed by atoms with Crippen LogP contribution in [0.5, 0.6) is 0 Å². The maximum Gasteiger partial charge on any atom is 0.102 e. The van der Waals surface area contributed by atoms with Gasteiger partial charge in [-0.3, -0.25) is 4.98 Å². The van der Waals surface area contributed by atoms with E-state index in [0.717, 1.165) is 11.3 Å². The van der Waals surface area contributed by atoms with Crippen molar-refractivity contribution in [2.75, 3.05) is 13.7 Å². The van der Waals surface area contributed by atoms with Gasteiger partial charge in [-0.05, 0) is 31.5 Å². The van der Waals surface area contributed by atoms with Gasteiger partial charge in [0.05, 0.1) is 0 Å². The number of methoxy groups -OCH3 is 1. The standard InChI is InChI=1S/C10H16N2O/c1-8-6-9(4-5-12-8)10(2,7-11)13-3/h4-6H,7,11H2,1-3H3. The predicted octanol–water partition coefficient (Wildman–Crippen LogP) is 1.21. The van der Waals surface area contributed by atoms with Gasteiger partial charge in [-0.15, -0.1) is 0 Å². The molecule has 0 fully saturated rings. The molecule has 13 heavy (non-hydrogen) atoms. The Labute approximate surface area is 78.9 Å². The molecule has 0 aliphatic heterocycles. The van der Waals surface area contributed by atoms with Crippen LogP contribution in [0, 0.1) is 6.92 Å². The molecule has 1 rings (SSSR count). The van der Waals surface area contributed by atoms with Crippen molar-refractivity contribution in [3.8, 4) is 0 Å². The van der Waals surface area contributed by atoms with Gasteiger partial charge in [0.25, 0.3) is 0 Å². The summed E-state index contributed by atoms with van der Waals surface area (Å²) in [5.41, 5.74) is 7.31. The van der Waals surface area contributed by atoms with Gasteiger partial charge < -0.3 is 10.5 Å². The van der Waals surface area contributed by atoms with Crippen LogP contribution in [0.1, 0.15) is 18.2 Å². The van der Waals surface area contributed by atoms with Crippen molar-refractivity contribution in [1.82, 2.24) is 4.98 Å². The Morgan fingerprint density at radius 3 is 2.77 bits per heavy atom. The molecule has 0 aliphatic carbocycles. The molecule has 3 heteroatoms. The lowest BCUT2D eigenvalue weighted by Gasteiger charge is -2.26. The highest BCUT2D eigenvalue weighted by Crippen LogP contribution is 2.22. The maximum atomic E-state index is 5.65. The first-order chi connectivity index (χ1) is 6.12. The monoisotopic (exact) mass is 180 g/mol. The van der Waals surface area contributed by atoms with E-state index in [-0.39, 0.29) is 0 Å². The number of hydrogen-bond donors (Lipinski definition) is 1. The molecule has 1 aromatic heterocycles. The predicted molar refractivity (Wildman–Crippen MR) is 52.4 cm³/mol. The molecule has 0 saturated carbocycles. The second-order valence-electron chi connectivity index (χ2n) is 3.33. The van der Waals surface area contributed by atoms with Crippen molar-refractivity contribution in [2.45, 2.75) is 19.4 Å². The van der Waals surface area contributed by atoms with Crippen molar-refractivity contribution in [1.29, 1.82) is 0 Å². The summed E-state index contributed by atoms with van der Waals surface area (Å²) in [6.45, 7) is 4.39. The van der Waals surface area contributed by atoms with Gasteiger partial charge in [0.15, 0.2) is 0 Å². The normalized spacial score (nSPS) is 15.4. The van der Waals surface area contributed by atoms with Crippen LogP contribution in [-0.2, 0) is 10.3 Å². The van der Waals surface area contributed by atoms with Crippen LogP contribution in [0.15, 0.2) is 18.3 Å². The molecule has 0 spiro atoms. The zero-order chi connectivity index (χ0) is 9.90. The van der Waals surface area contributed by atoms with Crippen molar-refractivity contribution in [3.63, 3.8) is 0 Å². The highest BCUT2D eigenvalue weighted by atomic mass is 16.5. The van der Waals surface area contributed by atoms with Gasteiger partial charge in [0.2, 0.25) is 0 Å². The van der Waals surface area contributed by atoms with Gasteiger partial charge in [0.1, 0.15) is 5.60 Å². The Kier molecular flexibility index (Phi) is 3.01. The van der Waals surface area contributed by atoms with Crippen LogP contribution in [0.2, 0.25) is 0 Å². The number of aryl methyl sites for hydroxylation is 1. The minimum atomic E-state index is -0.395. The third kappa shape index (κ3) is 2.05. The fraction of sp³-hybridized carbons (Fsp3) is 0.500. The van der Waals surface area contributed by atoms with E-state index in [1.165, 1.54) is 0 Å². The second kappa shape index (κ2) is 3.85. The van der Waals surface area contributed by atoms with E-state index in [2.05, 4.69) is 4.98 Å². The number of nitrogens with zero attached hydrogens (tertiary/aromatic N) is 1. The smallest absolute Gasteiger partial charge is 0.102 e. The largest absolute Gasteiger partial charge is 0.372 e. The van der Waals surface area contributed by atoms with E-state index < -0.39 is 5.60 Å². The highest BCUT2D eigenvalue weighted by molar-refractivity contribution is 5.22. The van der Waals surface area contributed by atoms with Crippen LogP contribution >= 0.6 is 0 Å². The van der Waals surface area contributed by atoms with Crippen molar-refractivity contribution >= 4 is 0 Å². The Balaban J connectivity index is 3.05. The first-order valence-corrected chi connectivity index (χ1v) is 4.31. The Bertz CT molecular complexity index is 282. The first-order valence-electron chi connectivity index (χ1n) is 4.31. The second-order valence-corrected chi connectivity index (χ2v) is 3.33. The van der Waals surface area contributed by atoms with Gasteiger partial charge >= 0.3 is 0 Å². The maximum absolute atomic E-state index is 5.65. The van der Waals surface area contributed by atoms with Gasteiger partial charge in [-0.2, -0.15) is 0 Å². The lowest BCUT2D eigenvalue weighted by molar-refractivity contribution is 0.00996. The van der Waals surface area contributed by atoms with Crippen LogP contribution in [0.4, 0.5) is 0 Å². The fourth-order valence-electron chi connectivity index (χ4n) is 1.19. The van der Waals surface area contributed by atoms with E-state index in [9.17, 15) is 0 Å². The molecule has 0 aliphatic rings. The van der Waals surface area contributed by atoms with E-state index in [0.29, 0.717) is 6.54 Å². The zero-order valence-corrected chi connectivity index (χ0v) is 8.37. The molecule has 1 aromatic rings. The van der Waals surface area contributed by atoms with Crippen LogP contribution in [-0.4, -0.2) is 18.6 Å². The van der Waals surface area contributed by atoms with Crippen LogP contribution in [0.25, 0.3) is 0 Å². The minimum absolute atomic E-state index is 0.395. The van der Waals surface area contributed by atoms with Gasteiger partial charge in [-0.1, -0.05) is 0 Å². The summed E-state index contributed by atoms with van der Waals surface area (Å²) in [5.74, 6) is 0. The molecular formula is C10H16N2O. The fourth-order valence-corrected chi connectivity index (χ4v) is 1.19. The van der Waals surface area contributed by atoms with Crippen molar-refractivity contribution < 1.29 is 4.74 Å². The average molecular weight is 180 g/mol.